The van der Waals surface area contributed by atoms with E-state index in [-0.39, 0.29) is 5.91 Å². The maximum Gasteiger partial charge on any atom is 0.257 e. The summed E-state index contributed by atoms with van der Waals surface area (Å²) in [6, 6.07) is 17.2. The molecule has 0 aliphatic carbocycles. The van der Waals surface area contributed by atoms with Crippen molar-refractivity contribution in [2.75, 3.05) is 5.32 Å². The number of nitrogens with one attached hydrogen (secondary N) is 1. The van der Waals surface area contributed by atoms with E-state index in [0.29, 0.717) is 24.2 Å². The lowest BCUT2D eigenvalue weighted by atomic mass is 10.1. The number of rotatable bonds is 5. The average Bonchev–Trinajstić information content (AvgIpc) is 2.93. The minimum atomic E-state index is -0.140. The molecule has 0 saturated heterocycles. The summed E-state index contributed by atoms with van der Waals surface area (Å²) < 4.78 is 2.09. The number of nitriles is 1. The predicted octanol–water partition coefficient (Wildman–Crippen LogP) is 3.87. The molecule has 0 radical (unpaired) electrons. The van der Waals surface area contributed by atoms with Gasteiger partial charge in [-0.2, -0.15) is 5.26 Å². The first-order chi connectivity index (χ1) is 12.6. The molecule has 2 heterocycles. The van der Waals surface area contributed by atoms with Gasteiger partial charge in [0.25, 0.3) is 5.91 Å². The average molecular weight is 344 g/mol. The van der Waals surface area contributed by atoms with Crippen molar-refractivity contribution in [3.8, 4) is 6.07 Å². The Morgan fingerprint density at radius 2 is 1.96 bits per heavy atom. The summed E-state index contributed by atoms with van der Waals surface area (Å²) in [5.74, 6) is -0.140. The van der Waals surface area contributed by atoms with Crippen LogP contribution >= 0.6 is 0 Å². The summed E-state index contributed by atoms with van der Waals surface area (Å²) in [4.78, 5) is 17.0. The number of carbonyl (C=O) groups excluding carboxylic acids is 1. The number of aromatic nitrogens is 2. The van der Waals surface area contributed by atoms with E-state index in [9.17, 15) is 4.79 Å². The van der Waals surface area contributed by atoms with Gasteiger partial charge in [0.2, 0.25) is 0 Å². The van der Waals surface area contributed by atoms with Crippen LogP contribution in [-0.2, 0) is 13.0 Å². The molecule has 1 amide bonds. The predicted molar refractivity (Wildman–Crippen MR) is 101 cm³/mol. The van der Waals surface area contributed by atoms with Crippen LogP contribution in [0.15, 0.2) is 54.7 Å². The van der Waals surface area contributed by atoms with Crippen molar-refractivity contribution in [2.45, 2.75) is 26.8 Å². The molecule has 130 valence electrons. The van der Waals surface area contributed by atoms with Crippen molar-refractivity contribution in [3.63, 3.8) is 0 Å². The van der Waals surface area contributed by atoms with Crippen molar-refractivity contribution in [2.24, 2.45) is 0 Å². The monoisotopic (exact) mass is 344 g/mol. The van der Waals surface area contributed by atoms with Crippen LogP contribution in [0, 0.1) is 25.2 Å². The third-order valence-corrected chi connectivity index (χ3v) is 4.36. The number of carbonyl (C=O) groups is 1. The molecule has 0 fully saturated rings. The standard InChI is InChI=1S/C21H20N4O/c1-15-13-20(16(2)25(15)14-19-5-3-4-12-23-19)21(26)24-18-8-6-17(7-9-18)10-11-22/h3-9,12-13H,10,14H2,1-2H3,(H,24,26). The molecular weight excluding hydrogens is 324 g/mol. The van der Waals surface area contributed by atoms with Gasteiger partial charge in [0, 0.05) is 23.3 Å². The van der Waals surface area contributed by atoms with Crippen LogP contribution in [0.1, 0.15) is 33.0 Å². The number of amides is 1. The Kier molecular flexibility index (Phi) is 5.14. The fraction of sp³-hybridized carbons (Fsp3) is 0.190. The molecule has 1 aromatic carbocycles. The molecule has 1 N–H and O–H groups in total. The van der Waals surface area contributed by atoms with E-state index in [1.807, 2.05) is 62.4 Å². The quantitative estimate of drug-likeness (QED) is 0.764. The summed E-state index contributed by atoms with van der Waals surface area (Å²) in [7, 11) is 0. The molecule has 3 rings (SSSR count). The van der Waals surface area contributed by atoms with Gasteiger partial charge in [-0.3, -0.25) is 9.78 Å². The minimum Gasteiger partial charge on any atom is -0.342 e. The number of aryl methyl sites for hydroxylation is 1. The molecule has 0 aliphatic heterocycles. The lowest BCUT2D eigenvalue weighted by molar-refractivity contribution is 0.102. The summed E-state index contributed by atoms with van der Waals surface area (Å²) in [6.07, 6.45) is 2.13. The summed E-state index contributed by atoms with van der Waals surface area (Å²) in [6.45, 7) is 4.57. The zero-order chi connectivity index (χ0) is 18.5. The summed E-state index contributed by atoms with van der Waals surface area (Å²) in [5, 5.41) is 11.6. The second-order valence-corrected chi connectivity index (χ2v) is 6.18. The molecular formula is C21H20N4O. The molecule has 0 atom stereocenters. The number of hydrogen-bond donors (Lipinski definition) is 1. The van der Waals surface area contributed by atoms with Crippen molar-refractivity contribution >= 4 is 11.6 Å². The molecule has 0 saturated carbocycles. The molecule has 2 aromatic heterocycles. The van der Waals surface area contributed by atoms with Gasteiger partial charge in [0.05, 0.1) is 30.3 Å². The molecule has 0 unspecified atom stereocenters. The Balaban J connectivity index is 1.77. The van der Waals surface area contributed by atoms with E-state index < -0.39 is 0 Å². The second-order valence-electron chi connectivity index (χ2n) is 6.18. The minimum absolute atomic E-state index is 0.140. The van der Waals surface area contributed by atoms with Crippen LogP contribution in [0.2, 0.25) is 0 Å². The Morgan fingerprint density at radius 1 is 1.19 bits per heavy atom. The molecule has 26 heavy (non-hydrogen) atoms. The van der Waals surface area contributed by atoms with Crippen LogP contribution in [0.4, 0.5) is 5.69 Å². The Hall–Kier alpha value is -3.39. The maximum absolute atomic E-state index is 12.7. The zero-order valence-corrected chi connectivity index (χ0v) is 14.9. The van der Waals surface area contributed by atoms with Crippen LogP contribution in [0.3, 0.4) is 0 Å². The van der Waals surface area contributed by atoms with Crippen LogP contribution < -0.4 is 5.32 Å². The number of nitrogens with zero attached hydrogens (tertiary/aromatic N) is 3. The zero-order valence-electron chi connectivity index (χ0n) is 14.9. The van der Waals surface area contributed by atoms with Gasteiger partial charge in [-0.15, -0.1) is 0 Å². The number of benzene rings is 1. The first-order valence-corrected chi connectivity index (χ1v) is 8.42. The van der Waals surface area contributed by atoms with Gasteiger partial charge < -0.3 is 9.88 Å². The SMILES string of the molecule is Cc1cc(C(=O)Nc2ccc(CC#N)cc2)c(C)n1Cc1ccccn1. The molecule has 3 aromatic rings. The Labute approximate surface area is 152 Å². The maximum atomic E-state index is 12.7. The van der Waals surface area contributed by atoms with Gasteiger partial charge >= 0.3 is 0 Å². The highest BCUT2D eigenvalue weighted by molar-refractivity contribution is 6.05. The van der Waals surface area contributed by atoms with Crippen molar-refractivity contribution in [1.29, 1.82) is 5.26 Å². The van der Waals surface area contributed by atoms with E-state index in [0.717, 1.165) is 22.6 Å². The molecule has 5 nitrogen and oxygen atoms in total. The fourth-order valence-electron chi connectivity index (χ4n) is 2.92. The first kappa shape index (κ1) is 17.4. The number of pyridine rings is 1. The molecule has 0 aliphatic rings. The summed E-state index contributed by atoms with van der Waals surface area (Å²) >= 11 is 0. The van der Waals surface area contributed by atoms with Crippen LogP contribution in [0.5, 0.6) is 0 Å². The molecule has 0 bridgehead atoms. The highest BCUT2D eigenvalue weighted by Gasteiger charge is 2.16. The van der Waals surface area contributed by atoms with E-state index in [1.54, 1.807) is 6.20 Å². The normalized spacial score (nSPS) is 10.3. The second kappa shape index (κ2) is 7.66. The van der Waals surface area contributed by atoms with Gasteiger partial charge in [0.15, 0.2) is 0 Å². The van der Waals surface area contributed by atoms with E-state index >= 15 is 0 Å². The highest BCUT2D eigenvalue weighted by Crippen LogP contribution is 2.19. The molecule has 5 heteroatoms. The van der Waals surface area contributed by atoms with Gasteiger partial charge in [0.1, 0.15) is 0 Å². The third kappa shape index (κ3) is 3.81. The third-order valence-electron chi connectivity index (χ3n) is 4.36. The number of anilines is 1. The van der Waals surface area contributed by atoms with Crippen LogP contribution in [0.25, 0.3) is 0 Å². The summed E-state index contributed by atoms with van der Waals surface area (Å²) in [5.41, 5.74) is 5.17. The first-order valence-electron chi connectivity index (χ1n) is 8.42. The smallest absolute Gasteiger partial charge is 0.257 e. The van der Waals surface area contributed by atoms with Gasteiger partial charge in [-0.25, -0.2) is 0 Å². The number of hydrogen-bond acceptors (Lipinski definition) is 3. The topological polar surface area (TPSA) is 70.7 Å². The van der Waals surface area contributed by atoms with Gasteiger partial charge in [-0.1, -0.05) is 18.2 Å². The van der Waals surface area contributed by atoms with Crippen molar-refractivity contribution in [1.82, 2.24) is 9.55 Å². The Bertz CT molecular complexity index is 950. The largest absolute Gasteiger partial charge is 0.342 e. The van der Waals surface area contributed by atoms with Crippen molar-refractivity contribution < 1.29 is 4.79 Å². The highest BCUT2D eigenvalue weighted by atomic mass is 16.1. The Morgan fingerprint density at radius 3 is 2.62 bits per heavy atom. The van der Waals surface area contributed by atoms with Crippen molar-refractivity contribution in [3.05, 3.63) is 82.9 Å². The van der Waals surface area contributed by atoms with E-state index in [1.165, 1.54) is 0 Å². The van der Waals surface area contributed by atoms with E-state index in [2.05, 4.69) is 20.9 Å². The lowest BCUT2D eigenvalue weighted by Gasteiger charge is -2.10. The van der Waals surface area contributed by atoms with E-state index in [4.69, 9.17) is 5.26 Å². The van der Waals surface area contributed by atoms with Crippen LogP contribution in [-0.4, -0.2) is 15.5 Å². The lowest BCUT2D eigenvalue weighted by Crippen LogP contribution is -2.13. The fourth-order valence-corrected chi connectivity index (χ4v) is 2.92. The molecule has 0 spiro atoms. The van der Waals surface area contributed by atoms with Gasteiger partial charge in [-0.05, 0) is 49.7 Å².